The molecular formula is C10H14N4O4. The van der Waals surface area contributed by atoms with E-state index < -0.39 is 10.9 Å². The van der Waals surface area contributed by atoms with Crippen LogP contribution in [-0.4, -0.2) is 34.0 Å². The van der Waals surface area contributed by atoms with Gasteiger partial charge in [0.15, 0.2) is 0 Å². The summed E-state index contributed by atoms with van der Waals surface area (Å²) in [5.41, 5.74) is 0.384. The number of carbonyl (C=O) groups excluding carboxylic acids is 1. The highest BCUT2D eigenvalue weighted by molar-refractivity contribution is 5.74. The summed E-state index contributed by atoms with van der Waals surface area (Å²) in [7, 11) is 0. The molecule has 0 spiro atoms. The van der Waals surface area contributed by atoms with Crippen LogP contribution < -0.4 is 5.32 Å². The molecule has 0 atom stereocenters. The summed E-state index contributed by atoms with van der Waals surface area (Å²) in [4.78, 5) is 29.2. The fourth-order valence-corrected chi connectivity index (χ4v) is 1.42. The van der Waals surface area contributed by atoms with Gasteiger partial charge >= 0.3 is 11.7 Å². The third kappa shape index (κ3) is 3.37. The standard InChI is InChI=1S/C10H14N4O4/c1-4-18-8(15)5-11-10-12-6(2)9(14(16)17)7(3)13-10/h4-5H2,1-3H3,(H,11,12,13). The van der Waals surface area contributed by atoms with Crippen LogP contribution in [0.3, 0.4) is 0 Å². The van der Waals surface area contributed by atoms with Crippen molar-refractivity contribution in [2.24, 2.45) is 0 Å². The van der Waals surface area contributed by atoms with Gasteiger partial charge in [-0.1, -0.05) is 0 Å². The van der Waals surface area contributed by atoms with Crippen LogP contribution in [-0.2, 0) is 9.53 Å². The highest BCUT2D eigenvalue weighted by Gasteiger charge is 2.18. The number of esters is 1. The molecule has 8 heteroatoms. The van der Waals surface area contributed by atoms with E-state index in [0.29, 0.717) is 6.61 Å². The molecule has 0 saturated heterocycles. The number of ether oxygens (including phenoxy) is 1. The molecule has 1 rings (SSSR count). The highest BCUT2D eigenvalue weighted by atomic mass is 16.6. The summed E-state index contributed by atoms with van der Waals surface area (Å²) in [5, 5.41) is 13.4. The minimum absolute atomic E-state index is 0.0788. The zero-order valence-corrected chi connectivity index (χ0v) is 10.4. The van der Waals surface area contributed by atoms with Crippen LogP contribution >= 0.6 is 0 Å². The molecule has 1 aromatic rings. The Kier molecular flexibility index (Phi) is 4.52. The number of aryl methyl sites for hydroxylation is 2. The average Bonchev–Trinajstić information content (AvgIpc) is 2.25. The van der Waals surface area contributed by atoms with Crippen molar-refractivity contribution in [2.75, 3.05) is 18.5 Å². The van der Waals surface area contributed by atoms with Crippen molar-refractivity contribution in [2.45, 2.75) is 20.8 Å². The van der Waals surface area contributed by atoms with Crippen LogP contribution in [0.25, 0.3) is 0 Å². The Labute approximate surface area is 104 Å². The lowest BCUT2D eigenvalue weighted by atomic mass is 10.3. The number of nitro groups is 1. The van der Waals surface area contributed by atoms with Crippen molar-refractivity contribution in [1.82, 2.24) is 9.97 Å². The van der Waals surface area contributed by atoms with Crippen molar-refractivity contribution in [3.8, 4) is 0 Å². The third-order valence-electron chi connectivity index (χ3n) is 2.11. The lowest BCUT2D eigenvalue weighted by Crippen LogP contribution is -2.18. The molecule has 98 valence electrons. The third-order valence-corrected chi connectivity index (χ3v) is 2.11. The smallest absolute Gasteiger partial charge is 0.325 e. The monoisotopic (exact) mass is 254 g/mol. The van der Waals surface area contributed by atoms with E-state index in [0.717, 1.165) is 0 Å². The molecule has 18 heavy (non-hydrogen) atoms. The van der Waals surface area contributed by atoms with Crippen LogP contribution in [0.1, 0.15) is 18.3 Å². The second-order valence-corrected chi connectivity index (χ2v) is 3.48. The molecule has 0 fully saturated rings. The fourth-order valence-electron chi connectivity index (χ4n) is 1.42. The van der Waals surface area contributed by atoms with E-state index in [9.17, 15) is 14.9 Å². The number of anilines is 1. The van der Waals surface area contributed by atoms with Crippen molar-refractivity contribution < 1.29 is 14.5 Å². The van der Waals surface area contributed by atoms with Crippen LogP contribution in [0, 0.1) is 24.0 Å². The van der Waals surface area contributed by atoms with Gasteiger partial charge in [-0.25, -0.2) is 9.97 Å². The first-order chi connectivity index (χ1) is 8.45. The molecule has 0 aromatic carbocycles. The van der Waals surface area contributed by atoms with E-state index in [2.05, 4.69) is 15.3 Å². The number of rotatable bonds is 5. The maximum Gasteiger partial charge on any atom is 0.325 e. The van der Waals surface area contributed by atoms with Gasteiger partial charge in [-0.3, -0.25) is 14.9 Å². The zero-order chi connectivity index (χ0) is 13.7. The van der Waals surface area contributed by atoms with Gasteiger partial charge in [-0.05, 0) is 20.8 Å². The second-order valence-electron chi connectivity index (χ2n) is 3.48. The van der Waals surface area contributed by atoms with Crippen LogP contribution in [0.4, 0.5) is 11.6 Å². The van der Waals surface area contributed by atoms with Gasteiger partial charge < -0.3 is 10.1 Å². The summed E-state index contributed by atoms with van der Waals surface area (Å²) in [6.45, 7) is 4.95. The van der Waals surface area contributed by atoms with E-state index in [1.165, 1.54) is 13.8 Å². The first-order valence-corrected chi connectivity index (χ1v) is 5.34. The topological polar surface area (TPSA) is 107 Å². The molecule has 0 unspecified atom stereocenters. The molecule has 1 aromatic heterocycles. The Balaban J connectivity index is 2.81. The number of nitrogens with one attached hydrogen (secondary N) is 1. The highest BCUT2D eigenvalue weighted by Crippen LogP contribution is 2.20. The molecule has 0 amide bonds. The minimum atomic E-state index is -0.528. The Morgan fingerprint density at radius 3 is 2.39 bits per heavy atom. The van der Waals surface area contributed by atoms with Crippen LogP contribution in [0.2, 0.25) is 0 Å². The normalized spacial score (nSPS) is 9.94. The summed E-state index contributed by atoms with van der Waals surface area (Å²) in [6.07, 6.45) is 0. The van der Waals surface area contributed by atoms with E-state index in [-0.39, 0.29) is 29.6 Å². The quantitative estimate of drug-likeness (QED) is 0.474. The van der Waals surface area contributed by atoms with Crippen molar-refractivity contribution in [3.05, 3.63) is 21.5 Å². The van der Waals surface area contributed by atoms with Gasteiger partial charge in [0.05, 0.1) is 11.5 Å². The molecule has 0 saturated carbocycles. The van der Waals surface area contributed by atoms with E-state index in [1.54, 1.807) is 6.92 Å². The molecule has 0 radical (unpaired) electrons. The molecule has 0 aliphatic rings. The Hall–Kier alpha value is -2.25. The number of aromatic nitrogens is 2. The molecule has 8 nitrogen and oxygen atoms in total. The lowest BCUT2D eigenvalue weighted by molar-refractivity contribution is -0.386. The first-order valence-electron chi connectivity index (χ1n) is 5.34. The molecule has 1 N–H and O–H groups in total. The molecule has 0 aliphatic carbocycles. The van der Waals surface area contributed by atoms with E-state index >= 15 is 0 Å². The van der Waals surface area contributed by atoms with Gasteiger partial charge in [-0.15, -0.1) is 0 Å². The summed E-state index contributed by atoms with van der Waals surface area (Å²) >= 11 is 0. The van der Waals surface area contributed by atoms with E-state index in [4.69, 9.17) is 4.74 Å². The maximum atomic E-state index is 11.1. The Morgan fingerprint density at radius 2 is 1.94 bits per heavy atom. The Morgan fingerprint density at radius 1 is 1.39 bits per heavy atom. The van der Waals surface area contributed by atoms with Gasteiger partial charge in [0.25, 0.3) is 0 Å². The lowest BCUT2D eigenvalue weighted by Gasteiger charge is -2.06. The van der Waals surface area contributed by atoms with Crippen molar-refractivity contribution in [1.29, 1.82) is 0 Å². The van der Waals surface area contributed by atoms with Gasteiger partial charge in [0.2, 0.25) is 5.95 Å². The van der Waals surface area contributed by atoms with Crippen LogP contribution in [0.5, 0.6) is 0 Å². The largest absolute Gasteiger partial charge is 0.465 e. The van der Waals surface area contributed by atoms with E-state index in [1.807, 2.05) is 0 Å². The predicted molar refractivity (Wildman–Crippen MR) is 63.3 cm³/mol. The second kappa shape index (κ2) is 5.89. The summed E-state index contributed by atoms with van der Waals surface area (Å²) in [6, 6.07) is 0. The number of hydrogen-bond donors (Lipinski definition) is 1. The molecule has 1 heterocycles. The summed E-state index contributed by atoms with van der Waals surface area (Å²) in [5.74, 6) is -0.265. The molecule has 0 aliphatic heterocycles. The van der Waals surface area contributed by atoms with Gasteiger partial charge in [-0.2, -0.15) is 0 Å². The van der Waals surface area contributed by atoms with Crippen molar-refractivity contribution >= 4 is 17.6 Å². The number of hydrogen-bond acceptors (Lipinski definition) is 7. The average molecular weight is 254 g/mol. The van der Waals surface area contributed by atoms with Crippen LogP contribution in [0.15, 0.2) is 0 Å². The SMILES string of the molecule is CCOC(=O)CNc1nc(C)c([N+](=O)[O-])c(C)n1. The first kappa shape index (κ1) is 13.8. The Bertz CT molecular complexity index is 452. The van der Waals surface area contributed by atoms with Gasteiger partial charge in [0, 0.05) is 0 Å². The number of carbonyl (C=O) groups is 1. The molecule has 0 bridgehead atoms. The zero-order valence-electron chi connectivity index (χ0n) is 10.4. The number of nitrogens with zero attached hydrogens (tertiary/aromatic N) is 3. The maximum absolute atomic E-state index is 11.1. The van der Waals surface area contributed by atoms with Gasteiger partial charge in [0.1, 0.15) is 17.9 Å². The van der Waals surface area contributed by atoms with Crippen molar-refractivity contribution in [3.63, 3.8) is 0 Å². The summed E-state index contributed by atoms with van der Waals surface area (Å²) < 4.78 is 4.72. The minimum Gasteiger partial charge on any atom is -0.465 e. The molecular weight excluding hydrogens is 240 g/mol. The fraction of sp³-hybridized carbons (Fsp3) is 0.500. The predicted octanol–water partition coefficient (Wildman–Crippen LogP) is 0.977.